The quantitative estimate of drug-likeness (QED) is 0.532. The van der Waals surface area contributed by atoms with Gasteiger partial charge in [0.2, 0.25) is 0 Å². The number of halogens is 2. The Morgan fingerprint density at radius 1 is 1.24 bits per heavy atom. The van der Waals surface area contributed by atoms with Gasteiger partial charge in [0, 0.05) is 36.1 Å². The van der Waals surface area contributed by atoms with E-state index in [9.17, 15) is 13.6 Å². The van der Waals surface area contributed by atoms with E-state index in [0.717, 1.165) is 22.0 Å². The van der Waals surface area contributed by atoms with Crippen molar-refractivity contribution in [3.63, 3.8) is 0 Å². The number of hydrogen-bond donors (Lipinski definition) is 2. The lowest BCUT2D eigenvalue weighted by molar-refractivity contribution is -0.140. The Morgan fingerprint density at radius 2 is 1.97 bits per heavy atom. The number of aliphatic hydroxyl groups is 1. The lowest BCUT2D eigenvalue weighted by Crippen LogP contribution is -2.39. The summed E-state index contributed by atoms with van der Waals surface area (Å²) in [5.41, 5.74) is 1.52. The molecule has 0 aliphatic carbocycles. The number of methoxy groups -OCH3 is 1. The number of carbonyl (C=O) groups is 1. The third-order valence-corrected chi connectivity index (χ3v) is 6.73. The topological polar surface area (TPSA) is 87.6 Å². The van der Waals surface area contributed by atoms with Crippen molar-refractivity contribution in [3.05, 3.63) is 58.8 Å². The minimum absolute atomic E-state index is 0.133. The van der Waals surface area contributed by atoms with Crippen LogP contribution in [0.2, 0.25) is 0 Å². The number of anilines is 2. The molecule has 1 aliphatic heterocycles. The first-order chi connectivity index (χ1) is 16.1. The second-order valence-corrected chi connectivity index (χ2v) is 8.65. The first-order valence-electron chi connectivity index (χ1n) is 11.1. The predicted molar refractivity (Wildman–Crippen MR) is 126 cm³/mol. The zero-order chi connectivity index (χ0) is 24.8. The van der Waals surface area contributed by atoms with Gasteiger partial charge in [-0.1, -0.05) is 25.1 Å². The zero-order valence-electron chi connectivity index (χ0n) is 19.8. The van der Waals surface area contributed by atoms with E-state index in [-0.39, 0.29) is 17.5 Å². The predicted octanol–water partition coefficient (Wildman–Crippen LogP) is 4.42. The Kier molecular flexibility index (Phi) is 6.03. The molecule has 0 saturated heterocycles. The van der Waals surface area contributed by atoms with E-state index < -0.39 is 18.1 Å². The molecule has 2 atom stereocenters. The van der Waals surface area contributed by atoms with E-state index in [4.69, 9.17) is 9.84 Å². The highest BCUT2D eigenvalue weighted by atomic mass is 19.3. The molecule has 0 saturated carbocycles. The van der Waals surface area contributed by atoms with Gasteiger partial charge >= 0.3 is 0 Å². The van der Waals surface area contributed by atoms with E-state index in [2.05, 4.69) is 15.5 Å². The van der Waals surface area contributed by atoms with Crippen LogP contribution in [0.1, 0.15) is 48.7 Å². The molecule has 4 rings (SSSR count). The molecular weight excluding hydrogens is 442 g/mol. The van der Waals surface area contributed by atoms with E-state index in [0.29, 0.717) is 23.5 Å². The lowest BCUT2D eigenvalue weighted by Gasteiger charge is -2.25. The van der Waals surface area contributed by atoms with Gasteiger partial charge < -0.3 is 20.1 Å². The first-order valence-corrected chi connectivity index (χ1v) is 11.1. The largest absolute Gasteiger partial charge is 0.390 e. The lowest BCUT2D eigenvalue weighted by atomic mass is 9.90. The smallest absolute Gasteiger partial charge is 0.295 e. The highest BCUT2D eigenvalue weighted by Crippen LogP contribution is 2.46. The maximum absolute atomic E-state index is 14.0. The third-order valence-electron chi connectivity index (χ3n) is 6.73. The second-order valence-electron chi connectivity index (χ2n) is 8.65. The number of aliphatic hydroxyl groups excluding tert-OH is 1. The number of likely N-dealkylation sites (N-methyl/N-ethyl adjacent to an activating group) is 1. The molecule has 9 heteroatoms. The standard InChI is InChI=1S/C25H28F2N4O3/c1-6-24(34-5)20-11-18-15(3)29-30-22(19(18)12-21(20)31(4)23(24)33)28-14(2)16-8-7-9-17(10-16)25(26,27)13-32/h7-12,14,32H,6,13H2,1-5H3,(H,28,30)/t14-,24?/m1/s1. The normalized spacial score (nSPS) is 18.9. The molecule has 1 unspecified atom stereocenters. The van der Waals surface area contributed by atoms with Crippen molar-refractivity contribution in [1.29, 1.82) is 0 Å². The molecule has 1 amide bonds. The zero-order valence-corrected chi connectivity index (χ0v) is 19.8. The third kappa shape index (κ3) is 3.59. The Bertz CT molecular complexity index is 1260. The van der Waals surface area contributed by atoms with Crippen LogP contribution in [-0.2, 0) is 21.1 Å². The number of nitrogens with zero attached hydrogens (tertiary/aromatic N) is 3. The molecule has 2 aromatic carbocycles. The fourth-order valence-corrected chi connectivity index (χ4v) is 4.62. The van der Waals surface area contributed by atoms with Gasteiger partial charge in [-0.2, -0.15) is 13.9 Å². The van der Waals surface area contributed by atoms with E-state index >= 15 is 0 Å². The molecule has 1 aromatic heterocycles. The van der Waals surface area contributed by atoms with Crippen molar-refractivity contribution in [3.8, 4) is 0 Å². The van der Waals surface area contributed by atoms with E-state index in [1.54, 1.807) is 18.0 Å². The van der Waals surface area contributed by atoms with Crippen molar-refractivity contribution in [2.75, 3.05) is 31.0 Å². The number of hydrogen-bond acceptors (Lipinski definition) is 6. The number of aryl methyl sites for hydroxylation is 1. The summed E-state index contributed by atoms with van der Waals surface area (Å²) in [5, 5.41) is 22.5. The average Bonchev–Trinajstić information content (AvgIpc) is 3.06. The fraction of sp³-hybridized carbons (Fsp3) is 0.400. The number of aromatic nitrogens is 2. The maximum atomic E-state index is 14.0. The van der Waals surface area contributed by atoms with Crippen LogP contribution in [0.25, 0.3) is 10.8 Å². The fourth-order valence-electron chi connectivity index (χ4n) is 4.62. The van der Waals surface area contributed by atoms with Crippen LogP contribution in [0.3, 0.4) is 0 Å². The van der Waals surface area contributed by atoms with Crippen LogP contribution in [0.15, 0.2) is 36.4 Å². The second kappa shape index (κ2) is 8.56. The van der Waals surface area contributed by atoms with Crippen LogP contribution < -0.4 is 10.2 Å². The summed E-state index contributed by atoms with van der Waals surface area (Å²) >= 11 is 0. The molecule has 7 nitrogen and oxygen atoms in total. The summed E-state index contributed by atoms with van der Waals surface area (Å²) in [5.74, 6) is -2.98. The highest BCUT2D eigenvalue weighted by Gasteiger charge is 2.49. The van der Waals surface area contributed by atoms with Gasteiger partial charge in [-0.05, 0) is 44.0 Å². The average molecular weight is 471 g/mol. The number of benzene rings is 2. The van der Waals surface area contributed by atoms with Crippen LogP contribution in [0.5, 0.6) is 0 Å². The molecule has 2 N–H and O–H groups in total. The highest BCUT2D eigenvalue weighted by molar-refractivity contribution is 6.10. The SMILES string of the molecule is CCC1(OC)C(=O)N(C)c2cc3c(N[C@H](C)c4cccc(C(F)(F)CO)c4)nnc(C)c3cc21. The number of carbonyl (C=O) groups excluding carboxylic acids is 1. The summed E-state index contributed by atoms with van der Waals surface area (Å²) in [6.45, 7) is 4.33. The molecule has 34 heavy (non-hydrogen) atoms. The van der Waals surface area contributed by atoms with Gasteiger partial charge in [-0.3, -0.25) is 4.79 Å². The van der Waals surface area contributed by atoms with Gasteiger partial charge in [0.25, 0.3) is 11.8 Å². The van der Waals surface area contributed by atoms with Gasteiger partial charge in [0.1, 0.15) is 6.61 Å². The minimum atomic E-state index is -3.32. The van der Waals surface area contributed by atoms with Crippen LogP contribution in [0.4, 0.5) is 20.3 Å². The summed E-state index contributed by atoms with van der Waals surface area (Å²) < 4.78 is 33.7. The number of rotatable bonds is 7. The minimum Gasteiger partial charge on any atom is -0.390 e. The molecule has 180 valence electrons. The number of fused-ring (bicyclic) bond motifs is 2. The van der Waals surface area contributed by atoms with Crippen LogP contribution in [0, 0.1) is 6.92 Å². The van der Waals surface area contributed by atoms with E-state index in [1.807, 2.05) is 32.9 Å². The van der Waals surface area contributed by atoms with Gasteiger partial charge in [0.05, 0.1) is 17.4 Å². The number of nitrogens with one attached hydrogen (secondary N) is 1. The molecule has 0 fully saturated rings. The molecule has 1 aliphatic rings. The first kappa shape index (κ1) is 24.0. The molecule has 2 heterocycles. The van der Waals surface area contributed by atoms with Crippen molar-refractivity contribution < 1.29 is 23.4 Å². The molecule has 0 radical (unpaired) electrons. The summed E-state index contributed by atoms with van der Waals surface area (Å²) in [7, 11) is 3.25. The molecule has 3 aromatic rings. The maximum Gasteiger partial charge on any atom is 0.295 e. The van der Waals surface area contributed by atoms with Gasteiger partial charge in [-0.15, -0.1) is 5.10 Å². The summed E-state index contributed by atoms with van der Waals surface area (Å²) in [6, 6.07) is 9.38. The number of amides is 1. The van der Waals surface area contributed by atoms with Crippen molar-refractivity contribution in [2.24, 2.45) is 0 Å². The Morgan fingerprint density at radius 3 is 2.62 bits per heavy atom. The number of ether oxygens (including phenoxy) is 1. The Hall–Kier alpha value is -3.17. The summed E-state index contributed by atoms with van der Waals surface area (Å²) in [6.07, 6.45) is 0.486. The van der Waals surface area contributed by atoms with Crippen LogP contribution in [-0.4, -0.2) is 42.0 Å². The van der Waals surface area contributed by atoms with E-state index in [1.165, 1.54) is 25.3 Å². The Balaban J connectivity index is 1.78. The van der Waals surface area contributed by atoms with Crippen molar-refractivity contribution >= 4 is 28.2 Å². The monoisotopic (exact) mass is 470 g/mol. The van der Waals surface area contributed by atoms with Crippen molar-refractivity contribution in [2.45, 2.75) is 44.8 Å². The molecule has 0 bridgehead atoms. The summed E-state index contributed by atoms with van der Waals surface area (Å²) in [4.78, 5) is 14.7. The van der Waals surface area contributed by atoms with Crippen LogP contribution >= 0.6 is 0 Å². The number of alkyl halides is 2. The van der Waals surface area contributed by atoms with Crippen molar-refractivity contribution in [1.82, 2.24) is 10.2 Å². The molecule has 0 spiro atoms. The van der Waals surface area contributed by atoms with Gasteiger partial charge in [0.15, 0.2) is 11.4 Å². The molecular formula is C25H28F2N4O3. The van der Waals surface area contributed by atoms with Gasteiger partial charge in [-0.25, -0.2) is 0 Å². The Labute approximate surface area is 196 Å².